The number of rotatable bonds is 10. The van der Waals surface area contributed by atoms with Gasteiger partial charge in [-0.25, -0.2) is 13.1 Å². The SMILES string of the molecule is COCCOCCS(=O)(=O)NCC(C)(O)c1ccc(Br)cc1. The van der Waals surface area contributed by atoms with Gasteiger partial charge in [-0.3, -0.25) is 0 Å². The fraction of sp³-hybridized carbons (Fsp3) is 0.571. The zero-order chi connectivity index (χ0) is 16.6. The standard InChI is InChI=1S/C14H22BrNO5S/c1-14(17,12-3-5-13(15)6-4-12)11-16-22(18,19)10-9-21-8-7-20-2/h3-6,16-17H,7-11H2,1-2H3. The number of halogens is 1. The minimum Gasteiger partial charge on any atom is -0.384 e. The molecule has 0 bridgehead atoms. The molecule has 0 saturated heterocycles. The molecule has 0 heterocycles. The lowest BCUT2D eigenvalue weighted by molar-refractivity contribution is 0.0623. The molecule has 1 aromatic carbocycles. The Labute approximate surface area is 140 Å². The molecule has 0 radical (unpaired) electrons. The summed E-state index contributed by atoms with van der Waals surface area (Å²) in [5.41, 5.74) is -0.653. The van der Waals surface area contributed by atoms with E-state index in [0.29, 0.717) is 18.8 Å². The molecule has 0 aliphatic carbocycles. The van der Waals surface area contributed by atoms with Crippen molar-refractivity contribution in [1.82, 2.24) is 4.72 Å². The number of aliphatic hydroxyl groups is 1. The van der Waals surface area contributed by atoms with E-state index in [1.54, 1.807) is 38.3 Å². The summed E-state index contributed by atoms with van der Waals surface area (Å²) in [5, 5.41) is 10.4. The average molecular weight is 396 g/mol. The molecule has 0 saturated carbocycles. The van der Waals surface area contributed by atoms with Crippen LogP contribution in [0, 0.1) is 0 Å². The molecule has 1 atom stereocenters. The van der Waals surface area contributed by atoms with E-state index in [2.05, 4.69) is 20.7 Å². The highest BCUT2D eigenvalue weighted by Crippen LogP contribution is 2.22. The van der Waals surface area contributed by atoms with E-state index >= 15 is 0 Å². The van der Waals surface area contributed by atoms with Gasteiger partial charge >= 0.3 is 0 Å². The summed E-state index contributed by atoms with van der Waals surface area (Å²) >= 11 is 3.31. The highest BCUT2D eigenvalue weighted by atomic mass is 79.9. The zero-order valence-corrected chi connectivity index (χ0v) is 15.1. The third-order valence-electron chi connectivity index (χ3n) is 3.03. The third kappa shape index (κ3) is 7.17. The molecule has 0 aliphatic heterocycles. The van der Waals surface area contributed by atoms with Gasteiger partial charge in [-0.15, -0.1) is 0 Å². The molecule has 2 N–H and O–H groups in total. The van der Waals surface area contributed by atoms with Crippen molar-refractivity contribution in [2.75, 3.05) is 39.2 Å². The molecule has 0 fully saturated rings. The normalized spacial score (nSPS) is 14.7. The number of nitrogens with one attached hydrogen (secondary N) is 1. The van der Waals surface area contributed by atoms with E-state index in [1.807, 2.05) is 0 Å². The zero-order valence-electron chi connectivity index (χ0n) is 12.7. The maximum atomic E-state index is 11.9. The second kappa shape index (κ2) is 8.95. The predicted octanol–water partition coefficient (Wildman–Crippen LogP) is 1.24. The van der Waals surface area contributed by atoms with Crippen molar-refractivity contribution in [3.63, 3.8) is 0 Å². The van der Waals surface area contributed by atoms with Crippen LogP contribution < -0.4 is 4.72 Å². The van der Waals surface area contributed by atoms with Crippen molar-refractivity contribution >= 4 is 26.0 Å². The summed E-state index contributed by atoms with van der Waals surface area (Å²) in [6.45, 7) is 2.32. The summed E-state index contributed by atoms with van der Waals surface area (Å²) < 4.78 is 36.9. The Morgan fingerprint density at radius 3 is 2.45 bits per heavy atom. The maximum Gasteiger partial charge on any atom is 0.213 e. The lowest BCUT2D eigenvalue weighted by atomic mass is 9.97. The largest absolute Gasteiger partial charge is 0.384 e. The number of benzene rings is 1. The number of sulfonamides is 1. The first kappa shape index (κ1) is 19.5. The Bertz CT molecular complexity index is 545. The summed E-state index contributed by atoms with van der Waals surface area (Å²) in [6.07, 6.45) is 0. The number of hydrogen-bond donors (Lipinski definition) is 2. The third-order valence-corrected chi connectivity index (χ3v) is 4.85. The summed E-state index contributed by atoms with van der Waals surface area (Å²) in [7, 11) is -1.96. The topological polar surface area (TPSA) is 84.9 Å². The van der Waals surface area contributed by atoms with Crippen LogP contribution in [0.2, 0.25) is 0 Å². The summed E-state index contributed by atoms with van der Waals surface area (Å²) in [4.78, 5) is 0. The van der Waals surface area contributed by atoms with Gasteiger partial charge in [0.05, 0.1) is 25.6 Å². The van der Waals surface area contributed by atoms with Gasteiger partial charge < -0.3 is 14.6 Å². The molecule has 0 amide bonds. The Morgan fingerprint density at radius 1 is 1.23 bits per heavy atom. The first-order valence-electron chi connectivity index (χ1n) is 6.79. The first-order chi connectivity index (χ1) is 10.3. The van der Waals surface area contributed by atoms with Crippen LogP contribution in [0.1, 0.15) is 12.5 Å². The quantitative estimate of drug-likeness (QED) is 0.582. The number of hydrogen-bond acceptors (Lipinski definition) is 5. The predicted molar refractivity (Wildman–Crippen MR) is 88.2 cm³/mol. The molecule has 1 rings (SSSR count). The first-order valence-corrected chi connectivity index (χ1v) is 9.24. The Kier molecular flexibility index (Phi) is 7.95. The molecular formula is C14H22BrNO5S. The van der Waals surface area contributed by atoms with Crippen LogP contribution in [0.15, 0.2) is 28.7 Å². The number of methoxy groups -OCH3 is 1. The smallest absolute Gasteiger partial charge is 0.213 e. The van der Waals surface area contributed by atoms with Crippen LogP contribution in [0.5, 0.6) is 0 Å². The van der Waals surface area contributed by atoms with Gasteiger partial charge in [0.1, 0.15) is 5.60 Å². The molecule has 1 aromatic rings. The highest BCUT2D eigenvalue weighted by Gasteiger charge is 2.25. The van der Waals surface area contributed by atoms with Gasteiger partial charge in [0, 0.05) is 18.1 Å². The van der Waals surface area contributed by atoms with Crippen molar-refractivity contribution < 1.29 is 23.0 Å². The number of ether oxygens (including phenoxy) is 2. The Hall–Kier alpha value is -0.510. The average Bonchev–Trinajstić information content (AvgIpc) is 2.46. The Balaban J connectivity index is 2.47. The van der Waals surface area contributed by atoms with Gasteiger partial charge in [-0.1, -0.05) is 28.1 Å². The summed E-state index contributed by atoms with van der Waals surface area (Å²) in [5.74, 6) is -0.160. The lowest BCUT2D eigenvalue weighted by Gasteiger charge is -2.24. The van der Waals surface area contributed by atoms with Gasteiger partial charge in [0.15, 0.2) is 0 Å². The lowest BCUT2D eigenvalue weighted by Crippen LogP contribution is -2.40. The molecule has 8 heteroatoms. The van der Waals surface area contributed by atoms with Crippen molar-refractivity contribution in [1.29, 1.82) is 0 Å². The van der Waals surface area contributed by atoms with Gasteiger partial charge in [0.25, 0.3) is 0 Å². The summed E-state index contributed by atoms with van der Waals surface area (Å²) in [6, 6.07) is 7.07. The van der Waals surface area contributed by atoms with Crippen LogP contribution in [0.4, 0.5) is 0 Å². The van der Waals surface area contributed by atoms with E-state index in [-0.39, 0.29) is 18.9 Å². The van der Waals surface area contributed by atoms with Crippen molar-refractivity contribution in [3.8, 4) is 0 Å². The van der Waals surface area contributed by atoms with Crippen LogP contribution in [-0.4, -0.2) is 52.8 Å². The van der Waals surface area contributed by atoms with E-state index < -0.39 is 15.6 Å². The molecule has 0 aliphatic rings. The van der Waals surface area contributed by atoms with Crippen LogP contribution in [0.3, 0.4) is 0 Å². The van der Waals surface area contributed by atoms with Gasteiger partial charge in [-0.2, -0.15) is 0 Å². The van der Waals surface area contributed by atoms with E-state index in [0.717, 1.165) is 4.47 Å². The molecule has 1 unspecified atom stereocenters. The fourth-order valence-corrected chi connectivity index (χ4v) is 2.89. The minimum atomic E-state index is -3.50. The van der Waals surface area contributed by atoms with Crippen molar-refractivity contribution in [2.45, 2.75) is 12.5 Å². The molecule has 0 spiro atoms. The Morgan fingerprint density at radius 2 is 1.86 bits per heavy atom. The van der Waals surface area contributed by atoms with Crippen molar-refractivity contribution in [3.05, 3.63) is 34.3 Å². The molecule has 0 aromatic heterocycles. The molecule has 22 heavy (non-hydrogen) atoms. The maximum absolute atomic E-state index is 11.9. The minimum absolute atomic E-state index is 0.0825. The van der Waals surface area contributed by atoms with Crippen LogP contribution >= 0.6 is 15.9 Å². The highest BCUT2D eigenvalue weighted by molar-refractivity contribution is 9.10. The van der Waals surface area contributed by atoms with Crippen LogP contribution in [-0.2, 0) is 25.1 Å². The van der Waals surface area contributed by atoms with Crippen molar-refractivity contribution in [2.24, 2.45) is 0 Å². The van der Waals surface area contributed by atoms with E-state index in [9.17, 15) is 13.5 Å². The fourth-order valence-electron chi connectivity index (χ4n) is 1.65. The van der Waals surface area contributed by atoms with Gasteiger partial charge in [0.2, 0.25) is 10.0 Å². The van der Waals surface area contributed by atoms with Gasteiger partial charge in [-0.05, 0) is 24.6 Å². The molecule has 126 valence electrons. The second-order valence-corrected chi connectivity index (χ2v) is 7.87. The van der Waals surface area contributed by atoms with E-state index in [4.69, 9.17) is 9.47 Å². The monoisotopic (exact) mass is 395 g/mol. The molecular weight excluding hydrogens is 374 g/mol. The van der Waals surface area contributed by atoms with E-state index in [1.165, 1.54) is 0 Å². The second-order valence-electron chi connectivity index (χ2n) is 5.03. The van der Waals surface area contributed by atoms with Crippen LogP contribution in [0.25, 0.3) is 0 Å². The molecule has 6 nitrogen and oxygen atoms in total.